The number of alkyl halides is 1. The van der Waals surface area contributed by atoms with Crippen molar-refractivity contribution in [3.63, 3.8) is 0 Å². The lowest BCUT2D eigenvalue weighted by Crippen LogP contribution is -1.81. The van der Waals surface area contributed by atoms with Crippen molar-refractivity contribution in [3.8, 4) is 0 Å². The van der Waals surface area contributed by atoms with Crippen LogP contribution in [-0.2, 0) is 0 Å². The van der Waals surface area contributed by atoms with E-state index in [1.807, 2.05) is 30.4 Å². The largest absolute Gasteiger partial charge is 0.113 e. The molecule has 1 atom stereocenters. The molecule has 0 saturated carbocycles. The molecule has 1 aromatic rings. The first-order valence-corrected chi connectivity index (χ1v) is 3.64. The number of fused-ring (bicyclic) bond motifs is 1. The van der Waals surface area contributed by atoms with Gasteiger partial charge >= 0.3 is 0 Å². The molecule has 0 fully saturated rings. The second-order valence-electron chi connectivity index (χ2n) is 2.30. The molecule has 0 saturated heterocycles. The second-order valence-corrected chi connectivity index (χ2v) is 2.77. The predicted octanol–water partition coefficient (Wildman–Crippen LogP) is 2.79. The number of benzene rings is 1. The van der Waals surface area contributed by atoms with Crippen LogP contribution in [0.4, 0.5) is 0 Å². The third-order valence-electron chi connectivity index (χ3n) is 1.65. The highest BCUT2D eigenvalue weighted by Gasteiger charge is 2.12. The summed E-state index contributed by atoms with van der Waals surface area (Å²) in [5.74, 6) is 0. The summed E-state index contributed by atoms with van der Waals surface area (Å²) in [6.45, 7) is 0. The first-order valence-electron chi connectivity index (χ1n) is 3.21. The average Bonchev–Trinajstić information content (AvgIpc) is 2.34. The molecule has 1 radical (unpaired) electrons. The molecule has 0 aliphatic heterocycles. The highest BCUT2D eigenvalue weighted by molar-refractivity contribution is 6.23. The van der Waals surface area contributed by atoms with Crippen LogP contribution >= 0.6 is 11.6 Å². The van der Waals surface area contributed by atoms with Crippen molar-refractivity contribution in [1.82, 2.24) is 0 Å². The number of allylic oxidation sites excluding steroid dienone is 1. The van der Waals surface area contributed by atoms with E-state index in [4.69, 9.17) is 11.6 Å². The Bertz CT molecular complexity index is 276. The van der Waals surface area contributed by atoms with E-state index >= 15 is 0 Å². The van der Waals surface area contributed by atoms with Gasteiger partial charge in [0.15, 0.2) is 0 Å². The molecule has 1 aliphatic carbocycles. The molecule has 0 N–H and O–H groups in total. The van der Waals surface area contributed by atoms with Gasteiger partial charge in [-0.05, 0) is 17.2 Å². The quantitative estimate of drug-likeness (QED) is 0.498. The molecule has 0 amide bonds. The predicted molar refractivity (Wildman–Crippen MR) is 42.9 cm³/mol. The number of rotatable bonds is 0. The van der Waals surface area contributed by atoms with Crippen molar-refractivity contribution in [3.05, 3.63) is 41.5 Å². The van der Waals surface area contributed by atoms with Crippen LogP contribution in [0, 0.1) is 6.07 Å². The van der Waals surface area contributed by atoms with Crippen molar-refractivity contribution in [2.24, 2.45) is 0 Å². The summed E-state index contributed by atoms with van der Waals surface area (Å²) in [7, 11) is 0. The van der Waals surface area contributed by atoms with E-state index in [0.717, 1.165) is 5.56 Å². The Hall–Kier alpha value is -0.750. The summed E-state index contributed by atoms with van der Waals surface area (Å²) >= 11 is 5.94. The van der Waals surface area contributed by atoms with Gasteiger partial charge in [-0.25, -0.2) is 0 Å². The third kappa shape index (κ3) is 0.764. The molecule has 1 unspecified atom stereocenters. The third-order valence-corrected chi connectivity index (χ3v) is 2.03. The Morgan fingerprint density at radius 3 is 3.20 bits per heavy atom. The maximum Gasteiger partial charge on any atom is 0.0775 e. The smallest absolute Gasteiger partial charge is 0.0775 e. The van der Waals surface area contributed by atoms with Crippen LogP contribution in [-0.4, -0.2) is 0 Å². The minimum Gasteiger partial charge on any atom is -0.113 e. The van der Waals surface area contributed by atoms with Gasteiger partial charge in [-0.3, -0.25) is 0 Å². The summed E-state index contributed by atoms with van der Waals surface area (Å²) in [6, 6.07) is 9.00. The number of halogens is 1. The molecule has 0 bridgehead atoms. The van der Waals surface area contributed by atoms with Gasteiger partial charge in [-0.2, -0.15) is 0 Å². The Kier molecular flexibility index (Phi) is 1.28. The van der Waals surface area contributed by atoms with E-state index in [1.165, 1.54) is 5.56 Å². The first kappa shape index (κ1) is 5.99. The van der Waals surface area contributed by atoms with Gasteiger partial charge in [0.1, 0.15) is 0 Å². The van der Waals surface area contributed by atoms with E-state index in [-0.39, 0.29) is 5.38 Å². The summed E-state index contributed by atoms with van der Waals surface area (Å²) in [5.41, 5.74) is 2.30. The van der Waals surface area contributed by atoms with Crippen LogP contribution in [0.15, 0.2) is 24.3 Å². The van der Waals surface area contributed by atoms with Crippen molar-refractivity contribution in [1.29, 1.82) is 0 Å². The van der Waals surface area contributed by atoms with E-state index < -0.39 is 0 Å². The van der Waals surface area contributed by atoms with Gasteiger partial charge < -0.3 is 0 Å². The molecular formula is C9H6Cl. The number of hydrogen-bond donors (Lipinski definition) is 0. The molecule has 2 rings (SSSR count). The van der Waals surface area contributed by atoms with Crippen LogP contribution < -0.4 is 0 Å². The molecule has 0 aromatic heterocycles. The fourth-order valence-corrected chi connectivity index (χ4v) is 1.40. The highest BCUT2D eigenvalue weighted by Crippen LogP contribution is 2.31. The standard InChI is InChI=1S/C9H6Cl/c10-9-6-5-7-3-1-2-4-8(7)9/h1-2,4-6,9H. The molecular weight excluding hydrogens is 144 g/mol. The Morgan fingerprint density at radius 1 is 1.50 bits per heavy atom. The van der Waals surface area contributed by atoms with Crippen molar-refractivity contribution >= 4 is 17.7 Å². The molecule has 0 heterocycles. The van der Waals surface area contributed by atoms with E-state index in [1.54, 1.807) is 0 Å². The molecule has 49 valence electrons. The van der Waals surface area contributed by atoms with E-state index in [9.17, 15) is 0 Å². The van der Waals surface area contributed by atoms with Gasteiger partial charge in [0.25, 0.3) is 0 Å². The summed E-state index contributed by atoms with van der Waals surface area (Å²) in [5, 5.41) is 0.0625. The summed E-state index contributed by atoms with van der Waals surface area (Å²) < 4.78 is 0. The van der Waals surface area contributed by atoms with Crippen LogP contribution in [0.3, 0.4) is 0 Å². The Morgan fingerprint density at radius 2 is 2.40 bits per heavy atom. The first-order chi connectivity index (χ1) is 4.88. The lowest BCUT2D eigenvalue weighted by atomic mass is 10.1. The SMILES string of the molecule is ClC1C=Cc2[c]cccc21. The lowest BCUT2D eigenvalue weighted by Gasteiger charge is -1.99. The van der Waals surface area contributed by atoms with Crippen molar-refractivity contribution in [2.45, 2.75) is 5.38 Å². The van der Waals surface area contributed by atoms with E-state index in [2.05, 4.69) is 6.07 Å². The zero-order valence-corrected chi connectivity index (χ0v) is 6.10. The van der Waals surface area contributed by atoms with E-state index in [0.29, 0.717) is 0 Å². The van der Waals surface area contributed by atoms with Gasteiger partial charge in [0, 0.05) is 0 Å². The molecule has 1 heteroatoms. The Balaban J connectivity index is 2.59. The lowest BCUT2D eigenvalue weighted by molar-refractivity contribution is 1.25. The van der Waals surface area contributed by atoms with Crippen molar-refractivity contribution in [2.75, 3.05) is 0 Å². The zero-order chi connectivity index (χ0) is 6.97. The van der Waals surface area contributed by atoms with Gasteiger partial charge in [0.05, 0.1) is 5.38 Å². The fraction of sp³-hybridized carbons (Fsp3) is 0.111. The minimum atomic E-state index is 0.0625. The highest BCUT2D eigenvalue weighted by atomic mass is 35.5. The molecule has 10 heavy (non-hydrogen) atoms. The second kappa shape index (κ2) is 2.14. The maximum atomic E-state index is 5.94. The normalized spacial score (nSPS) is 21.1. The fourth-order valence-electron chi connectivity index (χ4n) is 1.13. The monoisotopic (exact) mass is 149 g/mol. The molecule has 0 nitrogen and oxygen atoms in total. The average molecular weight is 150 g/mol. The van der Waals surface area contributed by atoms with Gasteiger partial charge in [-0.15, -0.1) is 11.6 Å². The van der Waals surface area contributed by atoms with Gasteiger partial charge in [-0.1, -0.05) is 30.4 Å². The minimum absolute atomic E-state index is 0.0625. The van der Waals surface area contributed by atoms with Crippen LogP contribution in [0.25, 0.3) is 6.08 Å². The van der Waals surface area contributed by atoms with Crippen LogP contribution in [0.5, 0.6) is 0 Å². The molecule has 0 spiro atoms. The molecule has 1 aromatic carbocycles. The van der Waals surface area contributed by atoms with Gasteiger partial charge in [0.2, 0.25) is 0 Å². The zero-order valence-electron chi connectivity index (χ0n) is 5.34. The summed E-state index contributed by atoms with van der Waals surface area (Å²) in [6.07, 6.45) is 3.98. The summed E-state index contributed by atoms with van der Waals surface area (Å²) in [4.78, 5) is 0. The Labute approximate surface area is 65.1 Å². The number of hydrogen-bond acceptors (Lipinski definition) is 0. The maximum absolute atomic E-state index is 5.94. The van der Waals surface area contributed by atoms with Crippen LogP contribution in [0.1, 0.15) is 16.5 Å². The van der Waals surface area contributed by atoms with Crippen LogP contribution in [0.2, 0.25) is 0 Å². The van der Waals surface area contributed by atoms with Crippen molar-refractivity contribution < 1.29 is 0 Å². The molecule has 1 aliphatic rings. The topological polar surface area (TPSA) is 0 Å².